The van der Waals surface area contributed by atoms with E-state index in [2.05, 4.69) is 38.5 Å². The Morgan fingerprint density at radius 3 is 2.09 bits per heavy atom. The van der Waals surface area contributed by atoms with Crippen molar-refractivity contribution in [3.8, 4) is 0 Å². The average Bonchev–Trinajstić information content (AvgIpc) is 3.02. The normalized spacial score (nSPS) is 15.3. The summed E-state index contributed by atoms with van der Waals surface area (Å²) < 4.78 is 0.842. The largest absolute Gasteiger partial charge is 0.374 e. The summed E-state index contributed by atoms with van der Waals surface area (Å²) in [4.78, 5) is 52.7. The number of aliphatic hydroxyl groups excluding tert-OH is 1. The van der Waals surface area contributed by atoms with Crippen molar-refractivity contribution >= 4 is 23.5 Å². The fourth-order valence-corrected chi connectivity index (χ4v) is 4.99. The van der Waals surface area contributed by atoms with Crippen LogP contribution >= 0.6 is 0 Å². The van der Waals surface area contributed by atoms with Crippen molar-refractivity contribution in [2.75, 3.05) is 19.6 Å². The van der Waals surface area contributed by atoms with E-state index in [-0.39, 0.29) is 42.0 Å². The topological polar surface area (TPSA) is 185 Å². The number of hydrogen-bond donors (Lipinski definition) is 8. The molecule has 1 aromatic rings. The lowest BCUT2D eigenvalue weighted by atomic mass is 9.99. The Kier molecular flexibility index (Phi) is 19.0. The number of carbonyl (C=O) groups is 4. The molecule has 1 aromatic heterocycles. The van der Waals surface area contributed by atoms with Gasteiger partial charge in [0.15, 0.2) is 5.78 Å². The Balaban J connectivity index is 2.97. The lowest BCUT2D eigenvalue weighted by Gasteiger charge is -2.28. The van der Waals surface area contributed by atoms with Gasteiger partial charge in [-0.1, -0.05) is 67.0 Å². The van der Waals surface area contributed by atoms with Crippen LogP contribution in [0.25, 0.3) is 0 Å². The predicted octanol–water partition coefficient (Wildman–Crippen LogP) is 1.24. The van der Waals surface area contributed by atoms with Crippen LogP contribution in [0.3, 0.4) is 0 Å². The summed E-state index contributed by atoms with van der Waals surface area (Å²) >= 11 is 0. The van der Waals surface area contributed by atoms with Crippen molar-refractivity contribution in [3.63, 3.8) is 0 Å². The summed E-state index contributed by atoms with van der Waals surface area (Å²) in [6.07, 6.45) is 3.60. The maximum absolute atomic E-state index is 13.6. The highest BCUT2D eigenvalue weighted by molar-refractivity contribution is 5.92. The second-order valence-corrected chi connectivity index (χ2v) is 12.8. The summed E-state index contributed by atoms with van der Waals surface area (Å²) in [6, 6.07) is -0.363. The monoisotopic (exact) mass is 662 g/mol. The Labute approximate surface area is 280 Å². The van der Waals surface area contributed by atoms with Gasteiger partial charge in [-0.25, -0.2) is 0 Å². The van der Waals surface area contributed by atoms with Crippen LogP contribution in [0.4, 0.5) is 0 Å². The van der Waals surface area contributed by atoms with Gasteiger partial charge >= 0.3 is 0 Å². The summed E-state index contributed by atoms with van der Waals surface area (Å²) in [5.41, 5.74) is 0.967. The standard InChI is InChI=1S/C34H59N7O6/c1-10-13-27(38-34(46)30(23(8)11-2)40-32(44)25-14-16-41(47)17-15-25)33(45)37-26(18-21(4)5)19-36-24(9)31(43)39-29(22(6)7)28(42)20-35-12-3/h14-17,21-22,24,26-27,29-30,32,35-36,40,44H,8,10-13,18-20H2,1-7,9H3,(H3-,37,38,39,43,45,46,47)/p+1/t24-,26-,27-,29-,30-,32?/m0/s1. The molecular weight excluding hydrogens is 602 g/mol. The van der Waals surface area contributed by atoms with Crippen molar-refractivity contribution < 1.29 is 34.2 Å². The molecule has 1 heterocycles. The number of hydrogen-bond acceptors (Lipinski definition) is 9. The first kappa shape index (κ1) is 41.6. The maximum Gasteiger partial charge on any atom is 0.242 e. The number of pyridine rings is 1. The van der Waals surface area contributed by atoms with Gasteiger partial charge in [-0.15, -0.1) is 0 Å². The van der Waals surface area contributed by atoms with Crippen LogP contribution in [0.1, 0.15) is 92.9 Å². The molecule has 0 spiro atoms. The highest BCUT2D eigenvalue weighted by Crippen LogP contribution is 2.14. The number of nitrogens with one attached hydrogen (secondary N) is 6. The van der Waals surface area contributed by atoms with E-state index in [4.69, 9.17) is 0 Å². The minimum Gasteiger partial charge on any atom is -0.374 e. The third-order valence-electron chi connectivity index (χ3n) is 7.84. The lowest BCUT2D eigenvalue weighted by Crippen LogP contribution is -2.57. The number of nitrogens with zero attached hydrogens (tertiary/aromatic N) is 1. The summed E-state index contributed by atoms with van der Waals surface area (Å²) in [5, 5.41) is 38.1. The molecule has 0 saturated heterocycles. The second kappa shape index (κ2) is 21.5. The van der Waals surface area contributed by atoms with E-state index in [1.54, 1.807) is 6.92 Å². The Hall–Kier alpha value is -3.39. The van der Waals surface area contributed by atoms with Gasteiger partial charge in [0.25, 0.3) is 0 Å². The quantitative estimate of drug-likeness (QED) is 0.0370. The van der Waals surface area contributed by atoms with E-state index in [1.807, 2.05) is 48.5 Å². The molecule has 8 N–H and O–H groups in total. The number of likely N-dealkylation sites (N-methyl/N-ethyl adjacent to an activating group) is 1. The first-order chi connectivity index (χ1) is 22.1. The van der Waals surface area contributed by atoms with Gasteiger partial charge in [-0.05, 0) is 44.6 Å². The van der Waals surface area contributed by atoms with Crippen molar-refractivity contribution in [1.82, 2.24) is 31.9 Å². The van der Waals surface area contributed by atoms with Gasteiger partial charge in [0.2, 0.25) is 30.1 Å². The summed E-state index contributed by atoms with van der Waals surface area (Å²) in [7, 11) is 0. The van der Waals surface area contributed by atoms with Gasteiger partial charge in [0.05, 0.1) is 18.6 Å². The van der Waals surface area contributed by atoms with Gasteiger partial charge < -0.3 is 31.7 Å². The van der Waals surface area contributed by atoms with Crippen LogP contribution in [0, 0.1) is 11.8 Å². The molecule has 3 amide bonds. The third kappa shape index (κ3) is 14.9. The van der Waals surface area contributed by atoms with Crippen LogP contribution < -0.4 is 36.6 Å². The molecule has 0 bridgehead atoms. The number of Topliss-reactive ketones (excluding diaryl/α,β-unsaturated/α-hetero) is 1. The molecule has 0 aliphatic rings. The third-order valence-corrected chi connectivity index (χ3v) is 7.84. The average molecular weight is 663 g/mol. The van der Waals surface area contributed by atoms with E-state index >= 15 is 0 Å². The van der Waals surface area contributed by atoms with Gasteiger partial charge in [0.1, 0.15) is 18.3 Å². The van der Waals surface area contributed by atoms with Crippen LogP contribution in [-0.4, -0.2) is 83.7 Å². The van der Waals surface area contributed by atoms with Crippen molar-refractivity contribution in [2.24, 2.45) is 11.8 Å². The number of amides is 3. The Morgan fingerprint density at radius 1 is 0.915 bits per heavy atom. The first-order valence-corrected chi connectivity index (χ1v) is 16.8. The van der Waals surface area contributed by atoms with E-state index < -0.39 is 36.3 Å². The van der Waals surface area contributed by atoms with Crippen LogP contribution in [-0.2, 0) is 19.2 Å². The van der Waals surface area contributed by atoms with Gasteiger partial charge in [-0.3, -0.25) is 29.7 Å². The molecule has 1 rings (SSSR count). The fourth-order valence-electron chi connectivity index (χ4n) is 4.99. The minimum atomic E-state index is -1.23. The molecule has 1 unspecified atom stereocenters. The molecule has 47 heavy (non-hydrogen) atoms. The highest BCUT2D eigenvalue weighted by Gasteiger charge is 2.30. The van der Waals surface area contributed by atoms with Crippen molar-refractivity contribution in [2.45, 2.75) is 118 Å². The van der Waals surface area contributed by atoms with Crippen LogP contribution in [0.2, 0.25) is 0 Å². The molecule has 13 nitrogen and oxygen atoms in total. The fraction of sp³-hybridized carbons (Fsp3) is 0.676. The van der Waals surface area contributed by atoms with E-state index in [9.17, 15) is 29.5 Å². The number of aromatic nitrogens is 1. The molecule has 0 fully saturated rings. The van der Waals surface area contributed by atoms with Crippen molar-refractivity contribution in [3.05, 3.63) is 42.2 Å². The number of carbonyl (C=O) groups excluding carboxylic acids is 4. The second-order valence-electron chi connectivity index (χ2n) is 12.8. The number of rotatable bonds is 23. The Morgan fingerprint density at radius 2 is 1.55 bits per heavy atom. The molecule has 0 radical (unpaired) electrons. The van der Waals surface area contributed by atoms with E-state index in [0.717, 1.165) is 4.73 Å². The van der Waals surface area contributed by atoms with Gasteiger partial charge in [-0.2, -0.15) is 0 Å². The zero-order chi connectivity index (χ0) is 35.7. The molecule has 13 heteroatoms. The molecule has 6 atom stereocenters. The molecular formula is C34H60N7O6+. The molecule has 0 aromatic carbocycles. The van der Waals surface area contributed by atoms with Crippen LogP contribution in [0.15, 0.2) is 36.7 Å². The maximum atomic E-state index is 13.6. The van der Waals surface area contributed by atoms with Crippen molar-refractivity contribution in [1.29, 1.82) is 0 Å². The van der Waals surface area contributed by atoms with Crippen LogP contribution in [0.5, 0.6) is 0 Å². The molecule has 0 saturated carbocycles. The summed E-state index contributed by atoms with van der Waals surface area (Å²) in [6.45, 7) is 20.4. The number of aliphatic hydroxyl groups is 1. The first-order valence-electron chi connectivity index (χ1n) is 16.8. The summed E-state index contributed by atoms with van der Waals surface area (Å²) in [5.74, 6) is -1.07. The van der Waals surface area contributed by atoms with Gasteiger partial charge in [0, 0.05) is 35.0 Å². The lowest BCUT2D eigenvalue weighted by molar-refractivity contribution is -0.904. The predicted molar refractivity (Wildman–Crippen MR) is 181 cm³/mol. The van der Waals surface area contributed by atoms with E-state index in [1.165, 1.54) is 24.5 Å². The minimum absolute atomic E-state index is 0.0736. The highest BCUT2D eigenvalue weighted by atomic mass is 16.5. The smallest absolute Gasteiger partial charge is 0.242 e. The number of ketones is 1. The molecule has 0 aliphatic carbocycles. The Bertz CT molecular complexity index is 1140. The molecule has 266 valence electrons. The zero-order valence-corrected chi connectivity index (χ0v) is 29.6. The molecule has 0 aliphatic heterocycles. The zero-order valence-electron chi connectivity index (χ0n) is 29.6. The SMILES string of the molecule is C=C(CC)[C@H](NC(O)c1cc[n+](O)cc1)C(=O)N[C@@H](CCC)C(=O)N[C@H](CN[C@@H](C)C(=O)N[C@H](C(=O)CNCC)C(C)C)CC(C)C. The van der Waals surface area contributed by atoms with E-state index in [0.29, 0.717) is 49.9 Å².